The van der Waals surface area contributed by atoms with E-state index in [1.807, 2.05) is 6.92 Å². The highest BCUT2D eigenvalue weighted by Crippen LogP contribution is 2.29. The van der Waals surface area contributed by atoms with E-state index in [9.17, 15) is 9.59 Å². The van der Waals surface area contributed by atoms with Gasteiger partial charge in [0.05, 0.1) is 20.8 Å². The summed E-state index contributed by atoms with van der Waals surface area (Å²) in [5, 5.41) is 0. The van der Waals surface area contributed by atoms with Crippen LogP contribution < -0.4 is 9.47 Å². The van der Waals surface area contributed by atoms with E-state index in [1.54, 1.807) is 18.2 Å². The van der Waals surface area contributed by atoms with Gasteiger partial charge in [-0.15, -0.1) is 0 Å². The van der Waals surface area contributed by atoms with E-state index in [0.717, 1.165) is 6.42 Å². The van der Waals surface area contributed by atoms with Gasteiger partial charge in [-0.1, -0.05) is 13.0 Å². The lowest BCUT2D eigenvalue weighted by atomic mass is 10.1. The molecule has 1 aromatic rings. The van der Waals surface area contributed by atoms with E-state index in [-0.39, 0.29) is 17.8 Å². The molecule has 0 bridgehead atoms. The number of carbonyl (C=O) groups excluding carboxylic acids is 2. The van der Waals surface area contributed by atoms with Crippen molar-refractivity contribution in [3.8, 4) is 11.5 Å². The van der Waals surface area contributed by atoms with E-state index < -0.39 is 5.97 Å². The van der Waals surface area contributed by atoms with E-state index in [2.05, 4.69) is 0 Å². The molecule has 0 saturated carbocycles. The van der Waals surface area contributed by atoms with Gasteiger partial charge in [0, 0.05) is 0 Å². The Bertz CT molecular complexity index is 431. The summed E-state index contributed by atoms with van der Waals surface area (Å²) in [5.41, 5.74) is 0.265. The molecular formula is C14H18O5. The van der Waals surface area contributed by atoms with Crippen LogP contribution in [0.4, 0.5) is 0 Å². The molecule has 5 heteroatoms. The number of hydrogen-bond acceptors (Lipinski definition) is 5. The minimum atomic E-state index is -0.542. The molecule has 0 aromatic heterocycles. The molecule has 19 heavy (non-hydrogen) atoms. The van der Waals surface area contributed by atoms with Gasteiger partial charge >= 0.3 is 5.97 Å². The summed E-state index contributed by atoms with van der Waals surface area (Å²) < 4.78 is 15.1. The summed E-state index contributed by atoms with van der Waals surface area (Å²) in [6, 6.07) is 5.00. The largest absolute Gasteiger partial charge is 0.496 e. The number of hydrogen-bond donors (Lipinski definition) is 0. The fourth-order valence-corrected chi connectivity index (χ4v) is 1.61. The minimum absolute atomic E-state index is 0.265. The molecule has 0 heterocycles. The van der Waals surface area contributed by atoms with E-state index in [0.29, 0.717) is 18.1 Å². The van der Waals surface area contributed by atoms with Crippen molar-refractivity contribution >= 4 is 11.8 Å². The van der Waals surface area contributed by atoms with Gasteiger partial charge in [0.1, 0.15) is 23.5 Å². The molecule has 0 N–H and O–H groups in total. The monoisotopic (exact) mass is 266 g/mol. The van der Waals surface area contributed by atoms with Crippen LogP contribution in [0.25, 0.3) is 0 Å². The van der Waals surface area contributed by atoms with Gasteiger partial charge in [0.2, 0.25) is 0 Å². The molecule has 1 rings (SSSR count). The maximum absolute atomic E-state index is 12.1. The Labute approximate surface area is 112 Å². The van der Waals surface area contributed by atoms with Gasteiger partial charge in [0.25, 0.3) is 0 Å². The van der Waals surface area contributed by atoms with Crippen LogP contribution in [-0.2, 0) is 9.53 Å². The highest BCUT2D eigenvalue weighted by Gasteiger charge is 2.21. The number of methoxy groups -OCH3 is 2. The Kier molecular flexibility index (Phi) is 5.85. The van der Waals surface area contributed by atoms with Crippen molar-refractivity contribution in [2.45, 2.75) is 19.8 Å². The Balaban J connectivity index is 2.89. The van der Waals surface area contributed by atoms with E-state index >= 15 is 0 Å². The first-order valence-corrected chi connectivity index (χ1v) is 6.03. The van der Waals surface area contributed by atoms with Gasteiger partial charge in [-0.2, -0.15) is 0 Å². The van der Waals surface area contributed by atoms with Crippen LogP contribution in [0.15, 0.2) is 18.2 Å². The van der Waals surface area contributed by atoms with Gasteiger partial charge in [-0.25, -0.2) is 0 Å². The SMILES string of the molecule is CCCOC(=O)CC(=O)c1c(OC)cccc1OC. The van der Waals surface area contributed by atoms with Crippen LogP contribution in [0.5, 0.6) is 11.5 Å². The fraction of sp³-hybridized carbons (Fsp3) is 0.429. The minimum Gasteiger partial charge on any atom is -0.496 e. The Morgan fingerprint density at radius 1 is 1.11 bits per heavy atom. The number of benzene rings is 1. The summed E-state index contributed by atoms with van der Waals surface area (Å²) in [5.74, 6) is -0.157. The van der Waals surface area contributed by atoms with Gasteiger partial charge in [-0.3, -0.25) is 9.59 Å². The van der Waals surface area contributed by atoms with Gasteiger partial charge in [0.15, 0.2) is 5.78 Å². The van der Waals surface area contributed by atoms with Crippen LogP contribution in [0.2, 0.25) is 0 Å². The lowest BCUT2D eigenvalue weighted by Crippen LogP contribution is -2.13. The average Bonchev–Trinajstić information content (AvgIpc) is 2.43. The Hall–Kier alpha value is -2.04. The van der Waals surface area contributed by atoms with Gasteiger partial charge < -0.3 is 14.2 Å². The lowest BCUT2D eigenvalue weighted by Gasteiger charge is -2.11. The fourth-order valence-electron chi connectivity index (χ4n) is 1.61. The zero-order chi connectivity index (χ0) is 14.3. The quantitative estimate of drug-likeness (QED) is 0.430. The predicted molar refractivity (Wildman–Crippen MR) is 69.7 cm³/mol. The number of rotatable bonds is 7. The van der Waals surface area contributed by atoms with Crippen molar-refractivity contribution in [1.82, 2.24) is 0 Å². The molecule has 0 atom stereocenters. The third-order valence-electron chi connectivity index (χ3n) is 2.48. The molecule has 0 saturated heterocycles. The molecule has 0 radical (unpaired) electrons. The van der Waals surface area contributed by atoms with Crippen LogP contribution in [0, 0.1) is 0 Å². The smallest absolute Gasteiger partial charge is 0.313 e. The first-order chi connectivity index (χ1) is 9.13. The highest BCUT2D eigenvalue weighted by molar-refractivity contribution is 6.09. The number of esters is 1. The van der Waals surface area contributed by atoms with Crippen molar-refractivity contribution in [2.24, 2.45) is 0 Å². The lowest BCUT2D eigenvalue weighted by molar-refractivity contribution is -0.142. The second-order valence-corrected chi connectivity index (χ2v) is 3.86. The maximum atomic E-state index is 12.1. The Morgan fingerprint density at radius 3 is 2.16 bits per heavy atom. The summed E-state index contributed by atoms with van der Waals surface area (Å²) in [4.78, 5) is 23.6. The molecule has 0 aliphatic carbocycles. The molecule has 0 aliphatic rings. The first kappa shape index (κ1) is 15.0. The second kappa shape index (κ2) is 7.41. The third kappa shape index (κ3) is 3.98. The van der Waals surface area contributed by atoms with Crippen LogP contribution in [-0.4, -0.2) is 32.6 Å². The molecule has 5 nitrogen and oxygen atoms in total. The normalized spacial score (nSPS) is 9.84. The average molecular weight is 266 g/mol. The number of carbonyl (C=O) groups is 2. The zero-order valence-corrected chi connectivity index (χ0v) is 11.4. The van der Waals surface area contributed by atoms with Crippen molar-refractivity contribution in [1.29, 1.82) is 0 Å². The van der Waals surface area contributed by atoms with Crippen molar-refractivity contribution in [2.75, 3.05) is 20.8 Å². The molecule has 0 spiro atoms. The molecule has 0 amide bonds. The standard InChI is InChI=1S/C14H18O5/c1-4-8-19-13(16)9-10(15)14-11(17-2)6-5-7-12(14)18-3/h5-7H,4,8-9H2,1-3H3. The first-order valence-electron chi connectivity index (χ1n) is 6.03. The summed E-state index contributed by atoms with van der Waals surface area (Å²) >= 11 is 0. The maximum Gasteiger partial charge on any atom is 0.313 e. The van der Waals surface area contributed by atoms with Crippen LogP contribution in [0.1, 0.15) is 30.1 Å². The van der Waals surface area contributed by atoms with E-state index in [4.69, 9.17) is 14.2 Å². The van der Waals surface area contributed by atoms with Crippen molar-refractivity contribution < 1.29 is 23.8 Å². The summed E-state index contributed by atoms with van der Waals surface area (Å²) in [6.45, 7) is 2.20. The molecule has 0 fully saturated rings. The highest BCUT2D eigenvalue weighted by atomic mass is 16.5. The van der Waals surface area contributed by atoms with Crippen LogP contribution >= 0.6 is 0 Å². The molecule has 0 unspecified atom stereocenters. The molecule has 1 aromatic carbocycles. The van der Waals surface area contributed by atoms with Crippen molar-refractivity contribution in [3.63, 3.8) is 0 Å². The second-order valence-electron chi connectivity index (χ2n) is 3.86. The van der Waals surface area contributed by atoms with Crippen molar-refractivity contribution in [3.05, 3.63) is 23.8 Å². The number of ketones is 1. The summed E-state index contributed by atoms with van der Waals surface area (Å²) in [6.07, 6.45) is 0.397. The molecular weight excluding hydrogens is 248 g/mol. The number of ether oxygens (including phenoxy) is 3. The third-order valence-corrected chi connectivity index (χ3v) is 2.48. The summed E-state index contributed by atoms with van der Waals surface area (Å²) in [7, 11) is 2.92. The molecule has 0 aliphatic heterocycles. The predicted octanol–water partition coefficient (Wildman–Crippen LogP) is 2.23. The Morgan fingerprint density at radius 2 is 1.68 bits per heavy atom. The zero-order valence-electron chi connectivity index (χ0n) is 11.4. The topological polar surface area (TPSA) is 61.8 Å². The molecule has 104 valence electrons. The van der Waals surface area contributed by atoms with Crippen LogP contribution in [0.3, 0.4) is 0 Å². The van der Waals surface area contributed by atoms with Gasteiger partial charge in [-0.05, 0) is 18.6 Å². The van der Waals surface area contributed by atoms with E-state index in [1.165, 1.54) is 14.2 Å². The number of Topliss-reactive ketones (excluding diaryl/α,β-unsaturated/α-hetero) is 1.